The molecule has 0 saturated carbocycles. The van der Waals surface area contributed by atoms with Crippen molar-refractivity contribution < 1.29 is 4.79 Å². The van der Waals surface area contributed by atoms with Crippen molar-refractivity contribution >= 4 is 40.6 Å². The zero-order valence-corrected chi connectivity index (χ0v) is 12.4. The molecule has 2 aromatic rings. The Morgan fingerprint density at radius 3 is 2.40 bits per heavy atom. The molecule has 0 fully saturated rings. The molecule has 2 rings (SSSR count). The maximum atomic E-state index is 12.3. The van der Waals surface area contributed by atoms with Gasteiger partial charge in [0.15, 0.2) is 0 Å². The number of para-hydroxylation sites is 1. The first kappa shape index (κ1) is 14.7. The Hall–Kier alpha value is -1.71. The summed E-state index contributed by atoms with van der Waals surface area (Å²) in [4.78, 5) is 13.9. The zero-order chi connectivity index (χ0) is 14.5. The van der Waals surface area contributed by atoms with E-state index in [-0.39, 0.29) is 6.03 Å². The average Bonchev–Trinajstić information content (AvgIpc) is 2.45. The van der Waals surface area contributed by atoms with Gasteiger partial charge in [0, 0.05) is 17.9 Å². The summed E-state index contributed by atoms with van der Waals surface area (Å²) in [6.07, 6.45) is 0. The van der Waals surface area contributed by atoms with Crippen molar-refractivity contribution in [1.82, 2.24) is 0 Å². The molecule has 3 nitrogen and oxygen atoms in total. The van der Waals surface area contributed by atoms with Gasteiger partial charge in [0.1, 0.15) is 0 Å². The number of urea groups is 1. The minimum atomic E-state index is -0.211. The third kappa shape index (κ3) is 3.44. The van der Waals surface area contributed by atoms with Gasteiger partial charge in [-0.1, -0.05) is 41.4 Å². The quantitative estimate of drug-likeness (QED) is 0.845. The van der Waals surface area contributed by atoms with Gasteiger partial charge in [-0.3, -0.25) is 4.90 Å². The van der Waals surface area contributed by atoms with E-state index >= 15 is 0 Å². The number of amides is 2. The van der Waals surface area contributed by atoms with Crippen LogP contribution in [-0.4, -0.2) is 12.6 Å². The number of hydrogen-bond donors (Lipinski definition) is 1. The highest BCUT2D eigenvalue weighted by atomic mass is 35.5. The molecule has 5 heteroatoms. The largest absolute Gasteiger partial charge is 0.326 e. The molecule has 0 aliphatic rings. The van der Waals surface area contributed by atoms with E-state index in [1.165, 1.54) is 0 Å². The number of nitrogens with one attached hydrogen (secondary N) is 1. The molecule has 20 heavy (non-hydrogen) atoms. The van der Waals surface area contributed by atoms with Gasteiger partial charge in [-0.15, -0.1) is 0 Å². The van der Waals surface area contributed by atoms with Crippen molar-refractivity contribution in [3.05, 3.63) is 58.6 Å². The van der Waals surface area contributed by atoms with Crippen LogP contribution in [0.4, 0.5) is 16.2 Å². The summed E-state index contributed by atoms with van der Waals surface area (Å²) in [5.74, 6) is 0. The lowest BCUT2D eigenvalue weighted by Crippen LogP contribution is -2.34. The molecule has 0 aromatic heterocycles. The van der Waals surface area contributed by atoms with Gasteiger partial charge < -0.3 is 5.32 Å². The van der Waals surface area contributed by atoms with E-state index < -0.39 is 0 Å². The number of halogens is 2. The van der Waals surface area contributed by atoms with Crippen molar-refractivity contribution in [2.75, 3.05) is 16.8 Å². The van der Waals surface area contributed by atoms with E-state index in [4.69, 9.17) is 23.2 Å². The second-order valence-corrected chi connectivity index (χ2v) is 4.95. The van der Waals surface area contributed by atoms with Gasteiger partial charge in [-0.2, -0.15) is 0 Å². The summed E-state index contributed by atoms with van der Waals surface area (Å²) in [5, 5.41) is 3.67. The lowest BCUT2D eigenvalue weighted by atomic mass is 10.3. The van der Waals surface area contributed by atoms with Crippen LogP contribution in [0.15, 0.2) is 48.5 Å². The molecule has 2 amide bonds. The number of benzene rings is 2. The maximum Gasteiger partial charge on any atom is 0.326 e. The standard InChI is InChI=1S/C15H14Cl2N2O/c1-2-19(12-6-4-3-5-7-12)15(20)18-11-8-9-13(16)14(17)10-11/h3-10H,2H2,1H3,(H,18,20). The second kappa shape index (κ2) is 6.64. The van der Waals surface area contributed by atoms with Gasteiger partial charge >= 0.3 is 6.03 Å². The fourth-order valence-corrected chi connectivity index (χ4v) is 2.11. The minimum absolute atomic E-state index is 0.211. The third-order valence-corrected chi connectivity index (χ3v) is 3.54. The number of hydrogen-bond acceptors (Lipinski definition) is 1. The van der Waals surface area contributed by atoms with Crippen molar-refractivity contribution in [1.29, 1.82) is 0 Å². The molecule has 104 valence electrons. The van der Waals surface area contributed by atoms with E-state index in [9.17, 15) is 4.79 Å². The van der Waals surface area contributed by atoms with E-state index in [0.717, 1.165) is 5.69 Å². The Kier molecular flexibility index (Phi) is 4.88. The molecule has 1 N–H and O–H groups in total. The van der Waals surface area contributed by atoms with Crippen molar-refractivity contribution in [3.63, 3.8) is 0 Å². The lowest BCUT2D eigenvalue weighted by molar-refractivity contribution is 0.257. The molecular weight excluding hydrogens is 295 g/mol. The third-order valence-electron chi connectivity index (χ3n) is 2.80. The summed E-state index contributed by atoms with van der Waals surface area (Å²) in [5.41, 5.74) is 1.45. The Morgan fingerprint density at radius 2 is 1.80 bits per heavy atom. The SMILES string of the molecule is CCN(C(=O)Nc1ccc(Cl)c(Cl)c1)c1ccccc1. The molecule has 0 heterocycles. The van der Waals surface area contributed by atoms with Crippen LogP contribution >= 0.6 is 23.2 Å². The predicted molar refractivity (Wildman–Crippen MR) is 84.9 cm³/mol. The van der Waals surface area contributed by atoms with Gasteiger partial charge in [0.2, 0.25) is 0 Å². The summed E-state index contributed by atoms with van der Waals surface area (Å²) in [6.45, 7) is 2.48. The first-order valence-electron chi connectivity index (χ1n) is 6.20. The van der Waals surface area contributed by atoms with Crippen molar-refractivity contribution in [3.8, 4) is 0 Å². The summed E-state index contributed by atoms with van der Waals surface area (Å²) in [7, 11) is 0. The van der Waals surface area contributed by atoms with Crippen LogP contribution in [0.3, 0.4) is 0 Å². The maximum absolute atomic E-state index is 12.3. The normalized spacial score (nSPS) is 10.2. The molecule has 0 saturated heterocycles. The van der Waals surface area contributed by atoms with Crippen LogP contribution in [0.2, 0.25) is 10.0 Å². The van der Waals surface area contributed by atoms with E-state index in [2.05, 4.69) is 5.32 Å². The zero-order valence-electron chi connectivity index (χ0n) is 10.9. The Morgan fingerprint density at radius 1 is 1.10 bits per heavy atom. The van der Waals surface area contributed by atoms with Crippen LogP contribution in [0.25, 0.3) is 0 Å². The lowest BCUT2D eigenvalue weighted by Gasteiger charge is -2.21. The first-order valence-corrected chi connectivity index (χ1v) is 6.96. The van der Waals surface area contributed by atoms with Gasteiger partial charge in [-0.05, 0) is 37.3 Å². The van der Waals surface area contributed by atoms with E-state index in [1.54, 1.807) is 23.1 Å². The number of carbonyl (C=O) groups excluding carboxylic acids is 1. The molecule has 2 aromatic carbocycles. The molecule has 0 radical (unpaired) electrons. The van der Waals surface area contributed by atoms with Gasteiger partial charge in [-0.25, -0.2) is 4.79 Å². The summed E-state index contributed by atoms with van der Waals surface area (Å²) >= 11 is 11.8. The van der Waals surface area contributed by atoms with Crippen LogP contribution in [0.5, 0.6) is 0 Å². The number of carbonyl (C=O) groups is 1. The van der Waals surface area contributed by atoms with Crippen molar-refractivity contribution in [2.45, 2.75) is 6.92 Å². The Balaban J connectivity index is 2.15. The fraction of sp³-hybridized carbons (Fsp3) is 0.133. The molecular formula is C15H14Cl2N2O. The van der Waals surface area contributed by atoms with Crippen LogP contribution < -0.4 is 10.2 Å². The highest BCUT2D eigenvalue weighted by Crippen LogP contribution is 2.25. The number of nitrogens with zero attached hydrogens (tertiary/aromatic N) is 1. The molecule has 0 unspecified atom stereocenters. The second-order valence-electron chi connectivity index (χ2n) is 4.14. The average molecular weight is 309 g/mol. The molecule has 0 aliphatic carbocycles. The highest BCUT2D eigenvalue weighted by Gasteiger charge is 2.13. The Labute approximate surface area is 128 Å². The first-order chi connectivity index (χ1) is 9.61. The van der Waals surface area contributed by atoms with E-state index in [1.807, 2.05) is 37.3 Å². The molecule has 0 bridgehead atoms. The highest BCUT2D eigenvalue weighted by molar-refractivity contribution is 6.42. The smallest absolute Gasteiger partial charge is 0.307 e. The predicted octanol–water partition coefficient (Wildman–Crippen LogP) is 5.05. The van der Waals surface area contributed by atoms with Crippen LogP contribution in [-0.2, 0) is 0 Å². The molecule has 0 aliphatic heterocycles. The minimum Gasteiger partial charge on any atom is -0.307 e. The summed E-state index contributed by atoms with van der Waals surface area (Å²) in [6, 6.07) is 14.3. The molecule has 0 spiro atoms. The van der Waals surface area contributed by atoms with Gasteiger partial charge in [0.05, 0.1) is 10.0 Å². The van der Waals surface area contributed by atoms with Gasteiger partial charge in [0.25, 0.3) is 0 Å². The Bertz CT molecular complexity index is 602. The summed E-state index contributed by atoms with van der Waals surface area (Å²) < 4.78 is 0. The number of anilines is 2. The van der Waals surface area contributed by atoms with Crippen molar-refractivity contribution in [2.24, 2.45) is 0 Å². The van der Waals surface area contributed by atoms with Crippen LogP contribution in [0.1, 0.15) is 6.92 Å². The fourth-order valence-electron chi connectivity index (χ4n) is 1.82. The van der Waals surface area contributed by atoms with Crippen LogP contribution in [0, 0.1) is 0 Å². The van der Waals surface area contributed by atoms with E-state index in [0.29, 0.717) is 22.3 Å². The molecule has 0 atom stereocenters. The monoisotopic (exact) mass is 308 g/mol. The number of rotatable bonds is 3. The topological polar surface area (TPSA) is 32.3 Å².